The second-order valence-corrected chi connectivity index (χ2v) is 12.1. The van der Waals surface area contributed by atoms with Gasteiger partial charge in [0, 0.05) is 49.5 Å². The van der Waals surface area contributed by atoms with Crippen molar-refractivity contribution < 1.29 is 28.8 Å². The Morgan fingerprint density at radius 1 is 1.10 bits per heavy atom. The molecule has 228 valence electrons. The molecular weight excluding hydrogens is 536 g/mol. The second kappa shape index (κ2) is 14.0. The van der Waals surface area contributed by atoms with Crippen LogP contribution in [-0.4, -0.2) is 79.2 Å². The van der Waals surface area contributed by atoms with Gasteiger partial charge in [0.1, 0.15) is 24.2 Å². The van der Waals surface area contributed by atoms with Crippen molar-refractivity contribution in [2.24, 2.45) is 5.41 Å². The average Bonchev–Trinajstić information content (AvgIpc) is 2.91. The summed E-state index contributed by atoms with van der Waals surface area (Å²) < 4.78 is 23.5. The van der Waals surface area contributed by atoms with Gasteiger partial charge in [0.05, 0.1) is 24.8 Å². The van der Waals surface area contributed by atoms with Crippen molar-refractivity contribution in [1.29, 1.82) is 0 Å². The van der Waals surface area contributed by atoms with E-state index < -0.39 is 6.10 Å². The lowest BCUT2D eigenvalue weighted by atomic mass is 9.92. The molecule has 0 bridgehead atoms. The number of aliphatic hydroxyl groups is 1. The first kappa shape index (κ1) is 31.3. The first-order valence-corrected chi connectivity index (χ1v) is 14.5. The molecule has 3 N–H and O–H groups in total. The number of pyridine rings is 1. The molecule has 42 heavy (non-hydrogen) atoms. The van der Waals surface area contributed by atoms with Crippen LogP contribution in [0.3, 0.4) is 0 Å². The van der Waals surface area contributed by atoms with E-state index in [2.05, 4.69) is 41.3 Å². The number of carbonyl (C=O) groups excluding carboxylic acids is 1. The average molecular weight is 581 g/mol. The van der Waals surface area contributed by atoms with Gasteiger partial charge in [-0.2, -0.15) is 0 Å². The monoisotopic (exact) mass is 580 g/mol. The summed E-state index contributed by atoms with van der Waals surface area (Å²) >= 11 is 0. The largest absolute Gasteiger partial charge is 0.493 e. The van der Waals surface area contributed by atoms with E-state index in [1.807, 2.05) is 19.9 Å². The van der Waals surface area contributed by atoms with Crippen LogP contribution in [0.2, 0.25) is 0 Å². The number of β-amino-alcohol motifs (C(OH)–C–C–N with tert-alkyl or cyclic N) is 1. The molecule has 1 aromatic heterocycles. The number of rotatable bonds is 11. The van der Waals surface area contributed by atoms with Crippen LogP contribution in [0.15, 0.2) is 48.7 Å². The van der Waals surface area contributed by atoms with Gasteiger partial charge in [-0.15, -0.1) is 0 Å². The van der Waals surface area contributed by atoms with Crippen molar-refractivity contribution in [3.05, 3.63) is 48.7 Å². The maximum Gasteiger partial charge on any atom is 0.319 e. The number of amides is 2. The molecule has 10 nitrogen and oxygen atoms in total. The fourth-order valence-corrected chi connectivity index (χ4v) is 4.92. The van der Waals surface area contributed by atoms with E-state index in [-0.39, 0.29) is 30.3 Å². The van der Waals surface area contributed by atoms with Crippen molar-refractivity contribution in [3.63, 3.8) is 0 Å². The van der Waals surface area contributed by atoms with Crippen LogP contribution >= 0.6 is 0 Å². The Hall–Kier alpha value is -3.60. The molecule has 0 aliphatic carbocycles. The van der Waals surface area contributed by atoms with E-state index in [4.69, 9.17) is 18.9 Å². The van der Waals surface area contributed by atoms with Gasteiger partial charge in [-0.25, -0.2) is 4.79 Å². The molecule has 2 amide bonds. The van der Waals surface area contributed by atoms with E-state index in [1.165, 1.54) is 0 Å². The van der Waals surface area contributed by atoms with E-state index in [9.17, 15) is 9.90 Å². The zero-order valence-electron chi connectivity index (χ0n) is 25.5. The van der Waals surface area contributed by atoms with Crippen molar-refractivity contribution in [2.75, 3.05) is 45.2 Å². The molecule has 2 aromatic carbocycles. The van der Waals surface area contributed by atoms with Crippen LogP contribution in [0.4, 0.5) is 10.5 Å². The summed E-state index contributed by atoms with van der Waals surface area (Å²) in [5, 5.41) is 17.1. The van der Waals surface area contributed by atoms with Gasteiger partial charge in [0.25, 0.3) is 0 Å². The van der Waals surface area contributed by atoms with Gasteiger partial charge in [-0.05, 0) is 62.1 Å². The molecule has 0 spiro atoms. The molecule has 10 heteroatoms. The van der Waals surface area contributed by atoms with Crippen molar-refractivity contribution in [3.8, 4) is 23.0 Å². The van der Waals surface area contributed by atoms with Gasteiger partial charge >= 0.3 is 6.03 Å². The summed E-state index contributed by atoms with van der Waals surface area (Å²) in [4.78, 5) is 18.9. The molecule has 0 radical (unpaired) electrons. The number of morpholine rings is 1. The van der Waals surface area contributed by atoms with Gasteiger partial charge in [-0.1, -0.05) is 20.8 Å². The highest BCUT2D eigenvalue weighted by atomic mass is 16.5. The Labute approximate surface area is 248 Å². The fraction of sp³-hybridized carbons (Fsp3) is 0.500. The predicted molar refractivity (Wildman–Crippen MR) is 164 cm³/mol. The number of ether oxygens (including phenoxy) is 4. The number of nitrogens with one attached hydrogen (secondary N) is 2. The van der Waals surface area contributed by atoms with Crippen LogP contribution in [0.25, 0.3) is 10.9 Å². The molecule has 4 rings (SSSR count). The van der Waals surface area contributed by atoms with E-state index >= 15 is 0 Å². The Morgan fingerprint density at radius 2 is 1.81 bits per heavy atom. The normalized spacial score (nSPS) is 18.4. The maximum absolute atomic E-state index is 12.2. The number of fused-ring (bicyclic) bond motifs is 1. The fourth-order valence-electron chi connectivity index (χ4n) is 4.92. The van der Waals surface area contributed by atoms with Crippen molar-refractivity contribution in [1.82, 2.24) is 15.2 Å². The summed E-state index contributed by atoms with van der Waals surface area (Å²) in [5.41, 5.74) is 1.49. The van der Waals surface area contributed by atoms with Crippen LogP contribution in [0, 0.1) is 5.41 Å². The predicted octanol–water partition coefficient (Wildman–Crippen LogP) is 5.44. The van der Waals surface area contributed by atoms with Crippen LogP contribution in [0.5, 0.6) is 23.0 Å². The number of benzene rings is 2. The quantitative estimate of drug-likeness (QED) is 0.275. The molecule has 3 unspecified atom stereocenters. The molecule has 2 heterocycles. The summed E-state index contributed by atoms with van der Waals surface area (Å²) in [5.74, 6) is 2.21. The third-order valence-corrected chi connectivity index (χ3v) is 6.88. The highest BCUT2D eigenvalue weighted by Crippen LogP contribution is 2.37. The molecule has 1 aliphatic heterocycles. The molecule has 3 atom stereocenters. The molecular formula is C32H44N4O6. The van der Waals surface area contributed by atoms with Crippen LogP contribution < -0.4 is 24.8 Å². The SMILES string of the molecule is COc1cc2c(Oc3ccc(NC(=O)NCCC(C)(C)C)cc3)ccnc2cc1OCC(O)CN1CC(C)OC(C)C1. The van der Waals surface area contributed by atoms with Crippen molar-refractivity contribution in [2.45, 2.75) is 59.4 Å². The van der Waals surface area contributed by atoms with Crippen LogP contribution in [0.1, 0.15) is 41.0 Å². The van der Waals surface area contributed by atoms with Gasteiger partial charge in [0.2, 0.25) is 0 Å². The highest BCUT2D eigenvalue weighted by molar-refractivity contribution is 5.89. The third kappa shape index (κ3) is 9.20. The van der Waals surface area contributed by atoms with Crippen molar-refractivity contribution >= 4 is 22.6 Å². The van der Waals surface area contributed by atoms with Gasteiger partial charge in [0.15, 0.2) is 11.5 Å². The Bertz CT molecular complexity index is 1320. The zero-order chi connectivity index (χ0) is 30.3. The minimum atomic E-state index is -0.669. The third-order valence-electron chi connectivity index (χ3n) is 6.88. The first-order valence-electron chi connectivity index (χ1n) is 14.5. The highest BCUT2D eigenvalue weighted by Gasteiger charge is 2.24. The summed E-state index contributed by atoms with van der Waals surface area (Å²) in [6.07, 6.45) is 2.16. The standard InChI is InChI=1S/C32H44N4O6/c1-21-17-36(18-22(2)41-21)19-24(37)20-40-30-16-27-26(15-29(30)39-6)28(11-13-33-27)42-25-9-7-23(8-10-25)35-31(38)34-14-12-32(3,4)5/h7-11,13,15-16,21-22,24,37H,12,14,17-20H2,1-6H3,(H2,34,35,38). The topological polar surface area (TPSA) is 114 Å². The molecule has 1 fully saturated rings. The number of anilines is 1. The smallest absolute Gasteiger partial charge is 0.319 e. The first-order chi connectivity index (χ1) is 20.0. The number of hydrogen-bond donors (Lipinski definition) is 3. The maximum atomic E-state index is 12.2. The second-order valence-electron chi connectivity index (χ2n) is 12.1. The zero-order valence-corrected chi connectivity index (χ0v) is 25.5. The lowest BCUT2D eigenvalue weighted by molar-refractivity contribution is -0.0787. The summed E-state index contributed by atoms with van der Waals surface area (Å²) in [6.45, 7) is 13.3. The summed E-state index contributed by atoms with van der Waals surface area (Å²) in [6, 6.07) is 12.3. The summed E-state index contributed by atoms with van der Waals surface area (Å²) in [7, 11) is 1.57. The number of methoxy groups -OCH3 is 1. The number of aliphatic hydroxyl groups excluding tert-OH is 1. The van der Waals surface area contributed by atoms with Crippen LogP contribution in [-0.2, 0) is 4.74 Å². The number of aromatic nitrogens is 1. The number of carbonyl (C=O) groups is 1. The number of urea groups is 1. The number of hydrogen-bond acceptors (Lipinski definition) is 8. The Balaban J connectivity index is 1.37. The van der Waals surface area contributed by atoms with E-state index in [0.29, 0.717) is 47.3 Å². The Morgan fingerprint density at radius 3 is 2.48 bits per heavy atom. The van der Waals surface area contributed by atoms with E-state index in [0.717, 1.165) is 24.9 Å². The van der Waals surface area contributed by atoms with Gasteiger partial charge < -0.3 is 34.7 Å². The molecule has 0 saturated carbocycles. The Kier molecular flexibility index (Phi) is 10.5. The lowest BCUT2D eigenvalue weighted by Gasteiger charge is -2.36. The molecule has 3 aromatic rings. The minimum absolute atomic E-state index is 0.118. The number of nitrogens with zero attached hydrogens (tertiary/aromatic N) is 2. The van der Waals surface area contributed by atoms with E-state index in [1.54, 1.807) is 49.7 Å². The molecule has 1 saturated heterocycles. The lowest BCUT2D eigenvalue weighted by Crippen LogP contribution is -2.48. The minimum Gasteiger partial charge on any atom is -0.493 e. The molecule has 1 aliphatic rings. The van der Waals surface area contributed by atoms with Gasteiger partial charge in [-0.3, -0.25) is 9.88 Å².